The van der Waals surface area contributed by atoms with Gasteiger partial charge in [-0.2, -0.15) is 0 Å². The normalized spacial score (nSPS) is 11.1. The summed E-state index contributed by atoms with van der Waals surface area (Å²) in [7, 11) is 0.0250. The maximum atomic E-state index is 13.0. The minimum atomic E-state index is 0. The zero-order valence-corrected chi connectivity index (χ0v) is 18.3. The standard InChI is InChI=1S/C23H31O3P.Li.H/c1-15(2)13-25-19-10-11-21(20(12-19)26-14-16(3)4)27-23(24)22-17(5)8-7-9-18(22)6;;/h7-12,15-16,27H,13-14H2,1-6H3;;. The number of carbonyl (C=O) groups excluding carboxylic acids is 1. The fourth-order valence-electron chi connectivity index (χ4n) is 2.69. The third-order valence-electron chi connectivity index (χ3n) is 4.06. The molecule has 0 fully saturated rings. The van der Waals surface area contributed by atoms with E-state index in [2.05, 4.69) is 27.7 Å². The van der Waals surface area contributed by atoms with Gasteiger partial charge in [0.2, 0.25) is 0 Å². The first-order valence-electron chi connectivity index (χ1n) is 9.55. The molecule has 0 bridgehead atoms. The Kier molecular flexibility index (Phi) is 10.3. The van der Waals surface area contributed by atoms with Crippen LogP contribution in [0.2, 0.25) is 0 Å². The summed E-state index contributed by atoms with van der Waals surface area (Å²) < 4.78 is 11.9. The second-order valence-electron chi connectivity index (χ2n) is 7.79. The van der Waals surface area contributed by atoms with E-state index in [9.17, 15) is 4.79 Å². The molecule has 0 aliphatic heterocycles. The van der Waals surface area contributed by atoms with Crippen molar-refractivity contribution in [2.75, 3.05) is 13.2 Å². The Bertz CT molecular complexity index is 767. The molecule has 28 heavy (non-hydrogen) atoms. The molecule has 0 spiro atoms. The van der Waals surface area contributed by atoms with Gasteiger partial charge in [0.05, 0.1) is 13.2 Å². The fourth-order valence-corrected chi connectivity index (χ4v) is 3.89. The first kappa shape index (κ1) is 24.8. The van der Waals surface area contributed by atoms with Crippen molar-refractivity contribution in [2.24, 2.45) is 11.8 Å². The number of aryl methyl sites for hydroxylation is 2. The number of hydrogen-bond acceptors (Lipinski definition) is 3. The molecule has 0 aliphatic carbocycles. The fraction of sp³-hybridized carbons (Fsp3) is 0.435. The average molecular weight is 394 g/mol. The van der Waals surface area contributed by atoms with Crippen LogP contribution in [0.25, 0.3) is 0 Å². The third kappa shape index (κ3) is 7.29. The van der Waals surface area contributed by atoms with E-state index in [1.165, 1.54) is 0 Å². The van der Waals surface area contributed by atoms with Gasteiger partial charge >= 0.3 is 18.9 Å². The van der Waals surface area contributed by atoms with Crippen molar-refractivity contribution in [2.45, 2.75) is 41.5 Å². The third-order valence-corrected chi connectivity index (χ3v) is 5.22. The molecule has 0 aromatic heterocycles. The van der Waals surface area contributed by atoms with E-state index in [0.717, 1.165) is 33.5 Å². The van der Waals surface area contributed by atoms with Gasteiger partial charge in [-0.05, 0) is 57.5 Å². The molecule has 3 nitrogen and oxygen atoms in total. The van der Waals surface area contributed by atoms with Crippen LogP contribution in [-0.4, -0.2) is 37.6 Å². The molecule has 148 valence electrons. The Balaban J connectivity index is 0.00000392. The predicted molar refractivity (Wildman–Crippen MR) is 122 cm³/mol. The number of carbonyl (C=O) groups is 1. The van der Waals surface area contributed by atoms with Gasteiger partial charge in [0, 0.05) is 16.9 Å². The van der Waals surface area contributed by atoms with Crippen molar-refractivity contribution in [3.8, 4) is 11.5 Å². The summed E-state index contributed by atoms with van der Waals surface area (Å²) in [5, 5.41) is 0.931. The van der Waals surface area contributed by atoms with Gasteiger partial charge in [-0.15, -0.1) is 0 Å². The van der Waals surface area contributed by atoms with Crippen molar-refractivity contribution in [3.05, 3.63) is 53.1 Å². The van der Waals surface area contributed by atoms with E-state index in [1.807, 2.05) is 50.2 Å². The van der Waals surface area contributed by atoms with Crippen molar-refractivity contribution in [1.82, 2.24) is 0 Å². The number of ether oxygens (including phenoxy) is 2. The van der Waals surface area contributed by atoms with Gasteiger partial charge in [0.25, 0.3) is 0 Å². The Morgan fingerprint density at radius 3 is 2.07 bits per heavy atom. The zero-order chi connectivity index (χ0) is 20.0. The maximum absolute atomic E-state index is 13.0. The van der Waals surface area contributed by atoms with E-state index in [0.29, 0.717) is 25.0 Å². The second-order valence-corrected chi connectivity index (χ2v) is 9.03. The number of hydrogen-bond donors (Lipinski definition) is 0. The quantitative estimate of drug-likeness (QED) is 0.450. The Labute approximate surface area is 183 Å². The Hall–Kier alpha value is -1.26. The average Bonchev–Trinajstić information content (AvgIpc) is 2.59. The predicted octanol–water partition coefficient (Wildman–Crippen LogP) is 4.87. The van der Waals surface area contributed by atoms with Crippen LogP contribution in [-0.2, 0) is 0 Å². The minimum absolute atomic E-state index is 0. The Morgan fingerprint density at radius 1 is 0.929 bits per heavy atom. The summed E-state index contributed by atoms with van der Waals surface area (Å²) in [6.45, 7) is 13.7. The second kappa shape index (κ2) is 11.7. The van der Waals surface area contributed by atoms with Crippen LogP contribution in [0.1, 0.15) is 49.2 Å². The summed E-state index contributed by atoms with van der Waals surface area (Å²) in [6, 6.07) is 11.8. The molecule has 2 rings (SSSR count). The van der Waals surface area contributed by atoms with Crippen LogP contribution in [0.3, 0.4) is 0 Å². The molecule has 0 radical (unpaired) electrons. The van der Waals surface area contributed by atoms with Crippen LogP contribution in [0, 0.1) is 25.7 Å². The molecular weight excluding hydrogens is 362 g/mol. The molecule has 0 N–H and O–H groups in total. The molecular formula is C23H32LiO3P. The molecule has 2 aromatic carbocycles. The first-order chi connectivity index (χ1) is 12.8. The van der Waals surface area contributed by atoms with Crippen molar-refractivity contribution < 1.29 is 14.3 Å². The van der Waals surface area contributed by atoms with E-state index in [-0.39, 0.29) is 33.0 Å². The van der Waals surface area contributed by atoms with Crippen LogP contribution in [0.4, 0.5) is 0 Å². The molecule has 1 atom stereocenters. The van der Waals surface area contributed by atoms with Gasteiger partial charge in [-0.3, -0.25) is 4.79 Å². The summed E-state index contributed by atoms with van der Waals surface area (Å²) in [4.78, 5) is 13.0. The monoisotopic (exact) mass is 394 g/mol. The molecule has 0 amide bonds. The van der Waals surface area contributed by atoms with Crippen molar-refractivity contribution >= 4 is 38.3 Å². The van der Waals surface area contributed by atoms with E-state index < -0.39 is 0 Å². The summed E-state index contributed by atoms with van der Waals surface area (Å²) >= 11 is 0. The molecule has 1 unspecified atom stereocenters. The summed E-state index contributed by atoms with van der Waals surface area (Å²) in [5.74, 6) is 2.41. The summed E-state index contributed by atoms with van der Waals surface area (Å²) in [6.07, 6.45) is 0. The molecule has 5 heteroatoms. The van der Waals surface area contributed by atoms with Crippen LogP contribution < -0.4 is 14.8 Å². The van der Waals surface area contributed by atoms with Crippen molar-refractivity contribution in [1.29, 1.82) is 0 Å². The molecule has 0 heterocycles. The van der Waals surface area contributed by atoms with Gasteiger partial charge in [-0.25, -0.2) is 0 Å². The zero-order valence-electron chi connectivity index (χ0n) is 17.3. The Morgan fingerprint density at radius 2 is 1.50 bits per heavy atom. The number of benzene rings is 2. The van der Waals surface area contributed by atoms with E-state index in [1.54, 1.807) is 0 Å². The topological polar surface area (TPSA) is 35.5 Å². The van der Waals surface area contributed by atoms with Crippen molar-refractivity contribution in [3.63, 3.8) is 0 Å². The molecule has 0 aliphatic rings. The number of rotatable bonds is 9. The summed E-state index contributed by atoms with van der Waals surface area (Å²) in [5.41, 5.74) is 3.02. The van der Waals surface area contributed by atoms with Gasteiger partial charge in [0.1, 0.15) is 11.5 Å². The molecule has 2 aromatic rings. The van der Waals surface area contributed by atoms with Crippen LogP contribution >= 0.6 is 8.58 Å². The molecule has 0 saturated heterocycles. The first-order valence-corrected chi connectivity index (χ1v) is 10.5. The van der Waals surface area contributed by atoms with Crippen LogP contribution in [0.5, 0.6) is 11.5 Å². The van der Waals surface area contributed by atoms with E-state index >= 15 is 0 Å². The SMILES string of the molecule is Cc1cccc(C)c1C(=O)Pc1ccc(OCC(C)C)cc1OCC(C)C.[LiH]. The van der Waals surface area contributed by atoms with Crippen LogP contribution in [0.15, 0.2) is 36.4 Å². The van der Waals surface area contributed by atoms with Gasteiger partial charge in [-0.1, -0.05) is 45.9 Å². The molecule has 0 saturated carbocycles. The van der Waals surface area contributed by atoms with Gasteiger partial charge < -0.3 is 9.47 Å². The van der Waals surface area contributed by atoms with Gasteiger partial charge in [0.15, 0.2) is 5.52 Å². The van der Waals surface area contributed by atoms with E-state index in [4.69, 9.17) is 9.47 Å².